The molecule has 0 fully saturated rings. The average molecular weight is 889 g/mol. The highest BCUT2D eigenvalue weighted by Gasteiger charge is 2.25. The summed E-state index contributed by atoms with van der Waals surface area (Å²) in [5.74, 6) is 0. The number of rotatable bonds is 6. The van der Waals surface area contributed by atoms with Crippen molar-refractivity contribution in [2.24, 2.45) is 0 Å². The number of hydrogen-bond donors (Lipinski definition) is 2. The Bertz CT molecular complexity index is 2880. The maximum absolute atomic E-state index is 6.46. The van der Waals surface area contributed by atoms with Crippen LogP contribution < -0.4 is 11.5 Å². The predicted molar refractivity (Wildman–Crippen MR) is 298 cm³/mol. The number of nitrogens with two attached hydrogens (primary N) is 2. The Hall–Kier alpha value is -6.90. The highest BCUT2D eigenvalue weighted by atomic mass is 14.5. The molecule has 9 aromatic rings. The summed E-state index contributed by atoms with van der Waals surface area (Å²) in [5.41, 5.74) is 33.8. The molecule has 0 aliphatic carbocycles. The van der Waals surface area contributed by atoms with E-state index in [2.05, 4.69) is 229 Å². The van der Waals surface area contributed by atoms with Gasteiger partial charge in [0.15, 0.2) is 0 Å². The Labute approximate surface area is 406 Å². The van der Waals surface area contributed by atoms with Crippen molar-refractivity contribution in [3.05, 3.63) is 192 Å². The van der Waals surface area contributed by atoms with E-state index < -0.39 is 0 Å². The Kier molecular flexibility index (Phi) is 11.6. The molecule has 342 valence electrons. The molecule has 0 atom stereocenters. The summed E-state index contributed by atoms with van der Waals surface area (Å²) in [5, 5.41) is 4.71. The zero-order valence-electron chi connectivity index (χ0n) is 42.3. The van der Waals surface area contributed by atoms with Gasteiger partial charge in [-0.25, -0.2) is 0 Å². The molecule has 0 spiro atoms. The SMILES string of the molecule is CC(C)(C)c1ccc(-c2cc3c(-c4ccc(N)cc4)c4cc(-c5ccc(C(C)(C)C)cc5)c(-c5ccc(C(C)(C)C)cc5)cc4c(-c4ccc(N)cc4)c3cc2-c2ccc(C(C)(C)C)cc2)cc1. The van der Waals surface area contributed by atoms with Crippen molar-refractivity contribution in [1.29, 1.82) is 0 Å². The van der Waals surface area contributed by atoms with E-state index in [4.69, 9.17) is 11.5 Å². The van der Waals surface area contributed by atoms with Crippen molar-refractivity contribution < 1.29 is 0 Å². The molecule has 2 heteroatoms. The van der Waals surface area contributed by atoms with Gasteiger partial charge in [0.05, 0.1) is 0 Å². The Morgan fingerprint density at radius 2 is 0.412 bits per heavy atom. The van der Waals surface area contributed by atoms with Gasteiger partial charge >= 0.3 is 0 Å². The van der Waals surface area contributed by atoms with Crippen molar-refractivity contribution in [2.45, 2.75) is 105 Å². The molecule has 4 N–H and O–H groups in total. The van der Waals surface area contributed by atoms with Gasteiger partial charge in [-0.05, 0) is 181 Å². The van der Waals surface area contributed by atoms with E-state index in [9.17, 15) is 0 Å². The lowest BCUT2D eigenvalue weighted by Crippen LogP contribution is -2.10. The fourth-order valence-corrected chi connectivity index (χ4v) is 9.79. The highest BCUT2D eigenvalue weighted by molar-refractivity contribution is 6.24. The van der Waals surface area contributed by atoms with Crippen LogP contribution in [-0.4, -0.2) is 0 Å². The molecule has 0 amide bonds. The summed E-state index contributed by atoms with van der Waals surface area (Å²) in [6.07, 6.45) is 0. The summed E-state index contributed by atoms with van der Waals surface area (Å²) in [7, 11) is 0. The molecular formula is C66H68N2. The monoisotopic (exact) mass is 889 g/mol. The van der Waals surface area contributed by atoms with E-state index in [-0.39, 0.29) is 21.7 Å². The third kappa shape index (κ3) is 8.97. The van der Waals surface area contributed by atoms with Gasteiger partial charge in [-0.1, -0.05) is 204 Å². The van der Waals surface area contributed by atoms with E-state index >= 15 is 0 Å². The summed E-state index contributed by atoms with van der Waals surface area (Å²) >= 11 is 0. The van der Waals surface area contributed by atoms with E-state index in [1.165, 1.54) is 99.4 Å². The van der Waals surface area contributed by atoms with Gasteiger partial charge in [0.2, 0.25) is 0 Å². The predicted octanol–water partition coefficient (Wildman–Crippen LogP) is 18.3. The first-order chi connectivity index (χ1) is 32.0. The summed E-state index contributed by atoms with van der Waals surface area (Å²) in [4.78, 5) is 0. The minimum absolute atomic E-state index is 0.0288. The third-order valence-corrected chi connectivity index (χ3v) is 14.0. The Morgan fingerprint density at radius 1 is 0.235 bits per heavy atom. The lowest BCUT2D eigenvalue weighted by molar-refractivity contribution is 0.590. The molecule has 2 nitrogen and oxygen atoms in total. The lowest BCUT2D eigenvalue weighted by Gasteiger charge is -2.24. The van der Waals surface area contributed by atoms with Gasteiger partial charge in [-0.3, -0.25) is 0 Å². The fraction of sp³-hybridized carbons (Fsp3) is 0.242. The van der Waals surface area contributed by atoms with Gasteiger partial charge in [0, 0.05) is 11.4 Å². The van der Waals surface area contributed by atoms with Gasteiger partial charge in [-0.15, -0.1) is 0 Å². The van der Waals surface area contributed by atoms with E-state index in [0.717, 1.165) is 22.5 Å². The van der Waals surface area contributed by atoms with Crippen molar-refractivity contribution in [2.75, 3.05) is 11.5 Å². The molecule has 68 heavy (non-hydrogen) atoms. The normalized spacial score (nSPS) is 12.5. The average Bonchev–Trinajstić information content (AvgIpc) is 3.30. The second-order valence-electron chi connectivity index (χ2n) is 23.2. The first-order valence-electron chi connectivity index (χ1n) is 24.3. The zero-order chi connectivity index (χ0) is 48.5. The molecular weight excluding hydrogens is 821 g/mol. The Balaban J connectivity index is 1.47. The van der Waals surface area contributed by atoms with E-state index in [1.54, 1.807) is 0 Å². The number of benzene rings is 9. The lowest BCUT2D eigenvalue weighted by atomic mass is 9.79. The topological polar surface area (TPSA) is 52.0 Å². The summed E-state index contributed by atoms with van der Waals surface area (Å²) < 4.78 is 0. The van der Waals surface area contributed by atoms with Gasteiger partial charge in [0.1, 0.15) is 0 Å². The molecule has 0 aromatic heterocycles. The summed E-state index contributed by atoms with van der Waals surface area (Å²) in [6.45, 7) is 27.4. The molecule has 0 aliphatic rings. The number of fused-ring (bicyclic) bond motifs is 2. The van der Waals surface area contributed by atoms with Crippen LogP contribution >= 0.6 is 0 Å². The van der Waals surface area contributed by atoms with Crippen LogP contribution in [0, 0.1) is 0 Å². The van der Waals surface area contributed by atoms with Crippen molar-refractivity contribution in [1.82, 2.24) is 0 Å². The third-order valence-electron chi connectivity index (χ3n) is 14.0. The number of anilines is 2. The van der Waals surface area contributed by atoms with Gasteiger partial charge < -0.3 is 11.5 Å². The molecule has 0 saturated carbocycles. The number of nitrogen functional groups attached to an aromatic ring is 2. The van der Waals surface area contributed by atoms with Gasteiger partial charge in [0.25, 0.3) is 0 Å². The van der Waals surface area contributed by atoms with Crippen molar-refractivity contribution in [3.8, 4) is 66.8 Å². The van der Waals surface area contributed by atoms with Crippen molar-refractivity contribution >= 4 is 32.9 Å². The number of hydrogen-bond acceptors (Lipinski definition) is 2. The second-order valence-corrected chi connectivity index (χ2v) is 23.2. The smallest absolute Gasteiger partial charge is 0.0314 e. The van der Waals surface area contributed by atoms with E-state index in [1.807, 2.05) is 24.3 Å². The van der Waals surface area contributed by atoms with Crippen LogP contribution in [0.25, 0.3) is 88.3 Å². The summed E-state index contributed by atoms with van der Waals surface area (Å²) in [6, 6.07) is 63.8. The maximum Gasteiger partial charge on any atom is 0.0314 e. The molecule has 0 unspecified atom stereocenters. The molecule has 0 radical (unpaired) electrons. The maximum atomic E-state index is 6.46. The van der Waals surface area contributed by atoms with Crippen LogP contribution in [0.1, 0.15) is 105 Å². The van der Waals surface area contributed by atoms with Crippen molar-refractivity contribution in [3.63, 3.8) is 0 Å². The minimum Gasteiger partial charge on any atom is -0.399 e. The molecule has 9 aromatic carbocycles. The molecule has 0 heterocycles. The van der Waals surface area contributed by atoms with Crippen LogP contribution in [0.2, 0.25) is 0 Å². The highest BCUT2D eigenvalue weighted by Crippen LogP contribution is 2.50. The first kappa shape index (κ1) is 46.2. The fourth-order valence-electron chi connectivity index (χ4n) is 9.79. The quantitative estimate of drug-likeness (QED) is 0.129. The molecule has 9 rings (SSSR count). The standard InChI is InChI=1S/C66H68N2/c1-63(2,3)47-25-13-41(14-26-47)53-37-57-58(38-54(53)42-15-27-48(28-16-42)64(4,5)6)62(46-23-35-52(68)36-24-46)60-40-56(44-19-31-50(32-20-44)66(10,11)12)55(43-17-29-49(30-18-43)65(7,8)9)39-59(60)61(57)45-21-33-51(67)34-22-45/h13-40H,67-68H2,1-12H3. The van der Waals surface area contributed by atoms with Crippen LogP contribution in [-0.2, 0) is 21.7 Å². The Morgan fingerprint density at radius 3 is 0.588 bits per heavy atom. The molecule has 0 aliphatic heterocycles. The van der Waals surface area contributed by atoms with Crippen LogP contribution in [0.15, 0.2) is 170 Å². The zero-order valence-corrected chi connectivity index (χ0v) is 42.3. The molecule has 0 bridgehead atoms. The van der Waals surface area contributed by atoms with Gasteiger partial charge in [-0.2, -0.15) is 0 Å². The van der Waals surface area contributed by atoms with Crippen LogP contribution in [0.3, 0.4) is 0 Å². The first-order valence-corrected chi connectivity index (χ1v) is 24.3. The van der Waals surface area contributed by atoms with E-state index in [0.29, 0.717) is 0 Å². The largest absolute Gasteiger partial charge is 0.399 e. The van der Waals surface area contributed by atoms with Crippen LogP contribution in [0.4, 0.5) is 11.4 Å². The second kappa shape index (κ2) is 17.0. The van der Waals surface area contributed by atoms with Crippen LogP contribution in [0.5, 0.6) is 0 Å². The minimum atomic E-state index is 0.0288. The molecule has 0 saturated heterocycles.